The second-order valence-corrected chi connectivity index (χ2v) is 8.01. The van der Waals surface area contributed by atoms with E-state index in [0.29, 0.717) is 31.2 Å². The predicted molar refractivity (Wildman–Crippen MR) is 78.5 cm³/mol. The highest BCUT2D eigenvalue weighted by Crippen LogP contribution is 2.28. The van der Waals surface area contributed by atoms with E-state index >= 15 is 0 Å². The van der Waals surface area contributed by atoms with E-state index in [1.807, 2.05) is 20.9 Å². The quantitative estimate of drug-likeness (QED) is 0.800. The number of sulfonamides is 1. The first kappa shape index (κ1) is 15.8. The van der Waals surface area contributed by atoms with Gasteiger partial charge in [0.05, 0.1) is 5.88 Å². The van der Waals surface area contributed by atoms with Gasteiger partial charge in [0, 0.05) is 31.2 Å². The molecule has 0 bridgehead atoms. The van der Waals surface area contributed by atoms with Gasteiger partial charge in [-0.05, 0) is 27.8 Å². The summed E-state index contributed by atoms with van der Waals surface area (Å²) in [4.78, 5) is 2.40. The normalized spacial score (nSPS) is 21.2. The number of likely N-dealkylation sites (N-methyl/N-ethyl adjacent to an activating group) is 1. The van der Waals surface area contributed by atoms with Gasteiger partial charge >= 0.3 is 0 Å². The summed E-state index contributed by atoms with van der Waals surface area (Å²) in [6.45, 7) is 7.41. The van der Waals surface area contributed by atoms with Gasteiger partial charge in [-0.15, -0.1) is 11.6 Å². The maximum atomic E-state index is 12.7. The van der Waals surface area contributed by atoms with Crippen LogP contribution >= 0.6 is 11.6 Å². The van der Waals surface area contributed by atoms with Crippen molar-refractivity contribution in [3.05, 3.63) is 17.6 Å². The second-order valence-electron chi connectivity index (χ2n) is 5.84. The van der Waals surface area contributed by atoms with Crippen molar-refractivity contribution in [3.8, 4) is 0 Å². The summed E-state index contributed by atoms with van der Waals surface area (Å²) in [6, 6.07) is 1.53. The van der Waals surface area contributed by atoms with E-state index in [1.54, 1.807) is 6.92 Å². The fourth-order valence-electron chi connectivity index (χ4n) is 2.39. The third kappa shape index (κ3) is 2.74. The lowest BCUT2D eigenvalue weighted by Crippen LogP contribution is -2.58. The van der Waals surface area contributed by atoms with Crippen LogP contribution in [0.25, 0.3) is 0 Å². The molecule has 1 aliphatic heterocycles. The molecule has 0 aliphatic carbocycles. The Labute approximate surface area is 125 Å². The van der Waals surface area contributed by atoms with E-state index < -0.39 is 10.0 Å². The summed E-state index contributed by atoms with van der Waals surface area (Å²) in [6.07, 6.45) is 0. The van der Waals surface area contributed by atoms with E-state index in [4.69, 9.17) is 16.0 Å². The van der Waals surface area contributed by atoms with Crippen molar-refractivity contribution in [2.75, 3.05) is 26.7 Å². The standard InChI is InChI=1S/C13H21ClN2O3S/c1-10-12(7-11(8-14)19-10)20(17,18)16-6-5-15(4)13(2,3)9-16/h7H,5-6,8-9H2,1-4H3. The Bertz CT molecular complexity index is 595. The third-order valence-corrected chi connectivity index (χ3v) is 6.17. The van der Waals surface area contributed by atoms with E-state index in [1.165, 1.54) is 10.4 Å². The Morgan fingerprint density at radius 2 is 2.05 bits per heavy atom. The Balaban J connectivity index is 2.33. The molecular weight excluding hydrogens is 300 g/mol. The topological polar surface area (TPSA) is 53.8 Å². The van der Waals surface area contributed by atoms with Crippen LogP contribution in [-0.4, -0.2) is 49.8 Å². The number of furan rings is 1. The van der Waals surface area contributed by atoms with Gasteiger partial charge in [0.1, 0.15) is 16.4 Å². The number of hydrogen-bond donors (Lipinski definition) is 0. The third-order valence-electron chi connectivity index (χ3n) is 3.95. The molecule has 0 spiro atoms. The van der Waals surface area contributed by atoms with Crippen molar-refractivity contribution in [3.63, 3.8) is 0 Å². The Hall–Kier alpha value is -0.560. The first-order valence-corrected chi connectivity index (χ1v) is 8.52. The molecule has 20 heavy (non-hydrogen) atoms. The lowest BCUT2D eigenvalue weighted by Gasteiger charge is -2.44. The molecule has 1 aromatic heterocycles. The summed E-state index contributed by atoms with van der Waals surface area (Å²) < 4.78 is 32.4. The van der Waals surface area contributed by atoms with E-state index in [0.717, 1.165) is 0 Å². The fraction of sp³-hybridized carbons (Fsp3) is 0.692. The molecule has 0 radical (unpaired) electrons. The molecule has 0 N–H and O–H groups in total. The molecule has 2 heterocycles. The predicted octanol–water partition coefficient (Wildman–Crippen LogP) is 2.04. The molecular formula is C13H21ClN2O3S. The first-order chi connectivity index (χ1) is 9.18. The highest BCUT2D eigenvalue weighted by atomic mass is 35.5. The zero-order valence-corrected chi connectivity index (χ0v) is 13.9. The summed E-state index contributed by atoms with van der Waals surface area (Å²) in [5, 5.41) is 0. The minimum atomic E-state index is -3.52. The van der Waals surface area contributed by atoms with Gasteiger partial charge in [-0.2, -0.15) is 4.31 Å². The van der Waals surface area contributed by atoms with Crippen LogP contribution in [0, 0.1) is 6.92 Å². The van der Waals surface area contributed by atoms with Gasteiger partial charge in [-0.25, -0.2) is 8.42 Å². The van der Waals surface area contributed by atoms with Gasteiger partial charge in [0.25, 0.3) is 0 Å². The number of hydrogen-bond acceptors (Lipinski definition) is 4. The second kappa shape index (κ2) is 5.33. The smallest absolute Gasteiger partial charge is 0.246 e. The largest absolute Gasteiger partial charge is 0.464 e. The average molecular weight is 321 g/mol. The highest BCUT2D eigenvalue weighted by molar-refractivity contribution is 7.89. The fourth-order valence-corrected chi connectivity index (χ4v) is 4.29. The van der Waals surface area contributed by atoms with Gasteiger partial charge in [0.2, 0.25) is 10.0 Å². The average Bonchev–Trinajstić information content (AvgIpc) is 2.74. The molecule has 0 atom stereocenters. The number of piperazine rings is 1. The van der Waals surface area contributed by atoms with Crippen LogP contribution < -0.4 is 0 Å². The Morgan fingerprint density at radius 1 is 1.40 bits per heavy atom. The summed E-state index contributed by atoms with van der Waals surface area (Å²) in [5.41, 5.74) is -0.182. The first-order valence-electron chi connectivity index (χ1n) is 6.55. The van der Waals surface area contributed by atoms with Crippen molar-refractivity contribution >= 4 is 21.6 Å². The van der Waals surface area contributed by atoms with Crippen LogP contribution in [0.2, 0.25) is 0 Å². The maximum absolute atomic E-state index is 12.7. The van der Waals surface area contributed by atoms with Crippen LogP contribution in [0.1, 0.15) is 25.4 Å². The summed E-state index contributed by atoms with van der Waals surface area (Å²) in [7, 11) is -1.51. The van der Waals surface area contributed by atoms with Crippen molar-refractivity contribution in [1.29, 1.82) is 0 Å². The van der Waals surface area contributed by atoms with E-state index in [2.05, 4.69) is 4.90 Å². The number of nitrogens with zero attached hydrogens (tertiary/aromatic N) is 2. The molecule has 1 saturated heterocycles. The lowest BCUT2D eigenvalue weighted by atomic mass is 10.0. The highest BCUT2D eigenvalue weighted by Gasteiger charge is 2.38. The van der Waals surface area contributed by atoms with E-state index in [9.17, 15) is 8.42 Å². The van der Waals surface area contributed by atoms with Crippen molar-refractivity contribution in [2.24, 2.45) is 0 Å². The SMILES string of the molecule is Cc1oc(CCl)cc1S(=O)(=O)N1CCN(C)C(C)(C)C1. The van der Waals surface area contributed by atoms with Crippen LogP contribution in [0.15, 0.2) is 15.4 Å². The van der Waals surface area contributed by atoms with Crippen LogP contribution in [0.3, 0.4) is 0 Å². The molecule has 1 aromatic rings. The van der Waals surface area contributed by atoms with Crippen molar-refractivity contribution < 1.29 is 12.8 Å². The van der Waals surface area contributed by atoms with Gasteiger partial charge in [0.15, 0.2) is 0 Å². The Morgan fingerprint density at radius 3 is 2.55 bits per heavy atom. The van der Waals surface area contributed by atoms with Gasteiger partial charge in [-0.1, -0.05) is 0 Å². The van der Waals surface area contributed by atoms with Gasteiger partial charge in [-0.3, -0.25) is 4.90 Å². The minimum absolute atomic E-state index is 0.171. The maximum Gasteiger partial charge on any atom is 0.246 e. The summed E-state index contributed by atoms with van der Waals surface area (Å²) >= 11 is 5.70. The van der Waals surface area contributed by atoms with E-state index in [-0.39, 0.29) is 16.3 Å². The molecule has 0 aromatic carbocycles. The molecule has 5 nitrogen and oxygen atoms in total. The number of halogens is 1. The molecule has 7 heteroatoms. The zero-order chi connectivity index (χ0) is 15.1. The van der Waals surface area contributed by atoms with Crippen molar-refractivity contribution in [1.82, 2.24) is 9.21 Å². The molecule has 2 rings (SSSR count). The minimum Gasteiger partial charge on any atom is -0.464 e. The number of rotatable bonds is 3. The van der Waals surface area contributed by atoms with Crippen LogP contribution in [0.5, 0.6) is 0 Å². The summed E-state index contributed by atoms with van der Waals surface area (Å²) in [5.74, 6) is 1.05. The van der Waals surface area contributed by atoms with Crippen LogP contribution in [-0.2, 0) is 15.9 Å². The van der Waals surface area contributed by atoms with Crippen molar-refractivity contribution in [2.45, 2.75) is 37.1 Å². The zero-order valence-electron chi connectivity index (χ0n) is 12.3. The Kier molecular flexibility index (Phi) is 4.22. The molecule has 0 unspecified atom stereocenters. The lowest BCUT2D eigenvalue weighted by molar-refractivity contribution is 0.0801. The number of alkyl halides is 1. The number of aryl methyl sites for hydroxylation is 1. The van der Waals surface area contributed by atoms with Crippen LogP contribution in [0.4, 0.5) is 0 Å². The molecule has 0 saturated carbocycles. The van der Waals surface area contributed by atoms with Gasteiger partial charge < -0.3 is 4.42 Å². The monoisotopic (exact) mass is 320 g/mol. The molecule has 114 valence electrons. The molecule has 1 fully saturated rings. The molecule has 1 aliphatic rings. The molecule has 0 amide bonds.